The Morgan fingerprint density at radius 3 is 2.31 bits per heavy atom. The van der Waals surface area contributed by atoms with Crippen LogP contribution in [0.15, 0.2) is 47.4 Å². The Hall–Kier alpha value is -2.75. The molecule has 2 aromatic rings. The molecule has 1 aliphatic rings. The van der Waals surface area contributed by atoms with E-state index >= 15 is 0 Å². The Morgan fingerprint density at radius 2 is 1.75 bits per heavy atom. The van der Waals surface area contributed by atoms with E-state index in [9.17, 15) is 26.4 Å². The molecule has 0 atom stereocenters. The van der Waals surface area contributed by atoms with Crippen LogP contribution in [0.25, 0.3) is 0 Å². The second-order valence-electron chi connectivity index (χ2n) is 9.38. The molecule has 3 rings (SSSR count). The summed E-state index contributed by atoms with van der Waals surface area (Å²) < 4.78 is 71.2. The first-order chi connectivity index (χ1) is 16.9. The summed E-state index contributed by atoms with van der Waals surface area (Å²) in [5.41, 5.74) is 0.110. The number of rotatable bonds is 11. The zero-order valence-electron chi connectivity index (χ0n) is 21.0. The molecule has 0 aromatic heterocycles. The normalized spacial score (nSPS) is 14.1. The van der Waals surface area contributed by atoms with Crippen LogP contribution in [0.4, 0.5) is 18.9 Å². The highest BCUT2D eigenvalue weighted by Crippen LogP contribution is 2.35. The monoisotopic (exact) mass is 526 g/mol. The first-order valence-corrected chi connectivity index (χ1v) is 13.6. The van der Waals surface area contributed by atoms with Crippen LogP contribution in [0.2, 0.25) is 0 Å². The Kier molecular flexibility index (Phi) is 8.59. The Labute approximate surface area is 211 Å². The zero-order valence-corrected chi connectivity index (χ0v) is 21.8. The highest BCUT2D eigenvalue weighted by atomic mass is 32.2. The van der Waals surface area contributed by atoms with Gasteiger partial charge in [-0.05, 0) is 56.9 Å². The van der Waals surface area contributed by atoms with Gasteiger partial charge in [-0.15, -0.1) is 0 Å². The minimum Gasteiger partial charge on any atom is -0.379 e. The van der Waals surface area contributed by atoms with Crippen LogP contribution in [0.1, 0.15) is 58.1 Å². The molecule has 0 aliphatic heterocycles. The first-order valence-electron chi connectivity index (χ1n) is 12.1. The van der Waals surface area contributed by atoms with E-state index in [1.807, 2.05) is 38.7 Å². The van der Waals surface area contributed by atoms with Crippen molar-refractivity contribution in [2.24, 2.45) is 5.92 Å². The molecule has 2 aromatic carbocycles. The van der Waals surface area contributed by atoms with Crippen LogP contribution in [0.5, 0.6) is 5.75 Å². The highest BCUT2D eigenvalue weighted by molar-refractivity contribution is 7.87. The van der Waals surface area contributed by atoms with E-state index in [4.69, 9.17) is 4.18 Å². The van der Waals surface area contributed by atoms with Gasteiger partial charge in [0.05, 0.1) is 5.56 Å². The average Bonchev–Trinajstić information content (AvgIpc) is 3.63. The van der Waals surface area contributed by atoms with Gasteiger partial charge in [0.25, 0.3) is 0 Å². The maximum absolute atomic E-state index is 13.2. The van der Waals surface area contributed by atoms with E-state index in [2.05, 4.69) is 0 Å². The molecule has 1 amide bonds. The van der Waals surface area contributed by atoms with Crippen LogP contribution in [-0.4, -0.2) is 38.4 Å². The van der Waals surface area contributed by atoms with E-state index in [-0.39, 0.29) is 30.2 Å². The Balaban J connectivity index is 2.00. The van der Waals surface area contributed by atoms with Gasteiger partial charge in [0, 0.05) is 49.4 Å². The molecular formula is C26H33F3N2O4S. The molecule has 1 saturated carbocycles. The molecule has 1 fully saturated rings. The smallest absolute Gasteiger partial charge is 0.379 e. The molecule has 198 valence electrons. The lowest BCUT2D eigenvalue weighted by molar-refractivity contribution is -0.137. The molecule has 0 unspecified atom stereocenters. The zero-order chi connectivity index (χ0) is 26.7. The van der Waals surface area contributed by atoms with Gasteiger partial charge < -0.3 is 14.0 Å². The molecule has 6 nitrogen and oxygen atoms in total. The number of halogens is 3. The SMILES string of the molecule is CCN(CC)c1ccc(CN(C(=O)CC(C)C)C2CC2)c(OS(=O)(=O)c2cccc(C(F)(F)F)c2)c1. The van der Waals surface area contributed by atoms with Crippen LogP contribution in [0.3, 0.4) is 0 Å². The van der Waals surface area contributed by atoms with E-state index in [1.165, 1.54) is 0 Å². The standard InChI is InChI=1S/C26H33F3N2O4S/c1-5-30(6-2)22-11-10-19(17-31(21-12-13-21)25(32)14-18(3)4)24(16-22)35-36(33,34)23-9-7-8-20(15-23)26(27,28)29/h7-11,15-16,18,21H,5-6,12-14,17H2,1-4H3. The summed E-state index contributed by atoms with van der Waals surface area (Å²) in [7, 11) is -4.58. The number of alkyl halides is 3. The second-order valence-corrected chi connectivity index (χ2v) is 10.9. The fraction of sp³-hybridized carbons (Fsp3) is 0.500. The van der Waals surface area contributed by atoms with Crippen molar-refractivity contribution in [1.82, 2.24) is 4.90 Å². The fourth-order valence-corrected chi connectivity index (χ4v) is 4.99. The minimum absolute atomic E-state index is 0.000177. The maximum Gasteiger partial charge on any atom is 0.416 e. The molecule has 1 aliphatic carbocycles. The van der Waals surface area contributed by atoms with Crippen molar-refractivity contribution in [3.63, 3.8) is 0 Å². The van der Waals surface area contributed by atoms with E-state index in [0.717, 1.165) is 31.0 Å². The summed E-state index contributed by atoms with van der Waals surface area (Å²) in [6.45, 7) is 9.30. The van der Waals surface area contributed by atoms with Crippen LogP contribution in [0, 0.1) is 5.92 Å². The third-order valence-corrected chi connectivity index (χ3v) is 7.29. The number of amides is 1. The van der Waals surface area contributed by atoms with Gasteiger partial charge in [-0.2, -0.15) is 21.6 Å². The third-order valence-electron chi connectivity index (χ3n) is 6.06. The topological polar surface area (TPSA) is 66.9 Å². The summed E-state index contributed by atoms with van der Waals surface area (Å²) in [5, 5.41) is 0. The lowest BCUT2D eigenvalue weighted by atomic mass is 10.1. The van der Waals surface area contributed by atoms with Crippen molar-refractivity contribution in [2.45, 2.75) is 70.6 Å². The van der Waals surface area contributed by atoms with Crippen LogP contribution >= 0.6 is 0 Å². The molecule has 36 heavy (non-hydrogen) atoms. The van der Waals surface area contributed by atoms with Crippen molar-refractivity contribution in [2.75, 3.05) is 18.0 Å². The van der Waals surface area contributed by atoms with Crippen molar-refractivity contribution >= 4 is 21.7 Å². The van der Waals surface area contributed by atoms with Crippen molar-refractivity contribution < 1.29 is 30.6 Å². The van der Waals surface area contributed by atoms with Crippen molar-refractivity contribution in [3.05, 3.63) is 53.6 Å². The summed E-state index contributed by atoms with van der Waals surface area (Å²) in [6.07, 6.45) is -2.58. The molecule has 0 heterocycles. The van der Waals surface area contributed by atoms with Gasteiger partial charge >= 0.3 is 16.3 Å². The lowest BCUT2D eigenvalue weighted by Crippen LogP contribution is -2.33. The molecule has 10 heteroatoms. The van der Waals surface area contributed by atoms with Crippen molar-refractivity contribution in [1.29, 1.82) is 0 Å². The van der Waals surface area contributed by atoms with E-state index < -0.39 is 26.8 Å². The maximum atomic E-state index is 13.2. The number of nitrogens with zero attached hydrogens (tertiary/aromatic N) is 2. The number of hydrogen-bond acceptors (Lipinski definition) is 5. The molecule has 0 N–H and O–H groups in total. The van der Waals surface area contributed by atoms with E-state index in [0.29, 0.717) is 36.8 Å². The van der Waals surface area contributed by atoms with Gasteiger partial charge in [-0.25, -0.2) is 0 Å². The van der Waals surface area contributed by atoms with Gasteiger partial charge in [0.15, 0.2) is 0 Å². The highest BCUT2D eigenvalue weighted by Gasteiger charge is 2.34. The number of carbonyl (C=O) groups is 1. The summed E-state index contributed by atoms with van der Waals surface area (Å²) in [6, 6.07) is 8.70. The molecule has 0 spiro atoms. The molecule has 0 radical (unpaired) electrons. The quantitative estimate of drug-likeness (QED) is 0.343. The van der Waals surface area contributed by atoms with Gasteiger partial charge in [-0.3, -0.25) is 4.79 Å². The first kappa shape index (κ1) is 27.8. The summed E-state index contributed by atoms with van der Waals surface area (Å²) in [4.78, 5) is 16.1. The van der Waals surface area contributed by atoms with Gasteiger partial charge in [0.2, 0.25) is 5.91 Å². The summed E-state index contributed by atoms with van der Waals surface area (Å²) >= 11 is 0. The average molecular weight is 527 g/mol. The molecular weight excluding hydrogens is 493 g/mol. The Morgan fingerprint density at radius 1 is 1.08 bits per heavy atom. The minimum atomic E-state index is -4.69. The molecule has 0 bridgehead atoms. The van der Waals surface area contributed by atoms with E-state index in [1.54, 1.807) is 17.0 Å². The largest absolute Gasteiger partial charge is 0.416 e. The predicted molar refractivity (Wildman–Crippen MR) is 132 cm³/mol. The second kappa shape index (κ2) is 11.1. The number of benzene rings is 2. The molecule has 0 saturated heterocycles. The third kappa shape index (κ3) is 6.93. The van der Waals surface area contributed by atoms with Crippen molar-refractivity contribution in [3.8, 4) is 5.75 Å². The fourth-order valence-electron chi connectivity index (χ4n) is 3.99. The predicted octanol–water partition coefficient (Wildman–Crippen LogP) is 5.86. The van der Waals surface area contributed by atoms with Crippen LogP contribution < -0.4 is 9.08 Å². The number of hydrogen-bond donors (Lipinski definition) is 0. The lowest BCUT2D eigenvalue weighted by Gasteiger charge is -2.26. The Bertz CT molecular complexity index is 1170. The van der Waals surface area contributed by atoms with Gasteiger partial charge in [-0.1, -0.05) is 26.0 Å². The summed E-state index contributed by atoms with van der Waals surface area (Å²) in [5.74, 6) is 0.146. The number of carbonyl (C=O) groups excluding carboxylic acids is 1. The number of anilines is 1. The van der Waals surface area contributed by atoms with Crippen LogP contribution in [-0.2, 0) is 27.6 Å². The van der Waals surface area contributed by atoms with Gasteiger partial charge in [0.1, 0.15) is 10.6 Å².